The van der Waals surface area contributed by atoms with Crippen molar-refractivity contribution in [3.63, 3.8) is 0 Å². The number of anilines is 1. The number of hydrogen-bond donors (Lipinski definition) is 1. The van der Waals surface area contributed by atoms with Crippen molar-refractivity contribution in [2.75, 3.05) is 5.32 Å². The quantitative estimate of drug-likeness (QED) is 0.797. The Balaban J connectivity index is 1.86. The van der Waals surface area contributed by atoms with E-state index in [4.69, 9.17) is 0 Å². The number of amides is 1. The number of nitrogens with zero attached hydrogens (tertiary/aromatic N) is 4. The molecule has 0 aromatic carbocycles. The molecule has 0 saturated carbocycles. The lowest BCUT2D eigenvalue weighted by Crippen LogP contribution is -2.14. The SMILES string of the molecule is Cn1ccnc1-c1cccc(C(=O)Nc2cccnc2)n1. The summed E-state index contributed by atoms with van der Waals surface area (Å²) in [5.74, 6) is 0.435. The number of hydrogen-bond acceptors (Lipinski definition) is 4. The maximum absolute atomic E-state index is 12.2. The summed E-state index contributed by atoms with van der Waals surface area (Å²) in [6.07, 6.45) is 6.76. The van der Waals surface area contributed by atoms with Crippen LogP contribution in [0.3, 0.4) is 0 Å². The molecule has 0 radical (unpaired) electrons. The van der Waals surface area contributed by atoms with Crippen LogP contribution in [0.5, 0.6) is 0 Å². The molecule has 0 bridgehead atoms. The summed E-state index contributed by atoms with van der Waals surface area (Å²) in [4.78, 5) is 24.7. The van der Waals surface area contributed by atoms with Crippen LogP contribution in [0.4, 0.5) is 5.69 Å². The summed E-state index contributed by atoms with van der Waals surface area (Å²) in [5.41, 5.74) is 1.62. The summed E-state index contributed by atoms with van der Waals surface area (Å²) in [6.45, 7) is 0. The van der Waals surface area contributed by atoms with Crippen molar-refractivity contribution in [2.24, 2.45) is 7.05 Å². The molecule has 0 fully saturated rings. The Morgan fingerprint density at radius 1 is 1.19 bits per heavy atom. The molecule has 1 N–H and O–H groups in total. The molecule has 3 heterocycles. The molecule has 21 heavy (non-hydrogen) atoms. The Hall–Kier alpha value is -3.02. The molecule has 0 aliphatic rings. The van der Waals surface area contributed by atoms with Gasteiger partial charge in [-0.1, -0.05) is 6.07 Å². The fourth-order valence-electron chi connectivity index (χ4n) is 1.93. The molecule has 0 atom stereocenters. The average Bonchev–Trinajstić information content (AvgIpc) is 2.94. The second-order valence-corrected chi connectivity index (χ2v) is 4.47. The van der Waals surface area contributed by atoms with Crippen LogP contribution in [-0.2, 0) is 7.05 Å². The van der Waals surface area contributed by atoms with Crippen molar-refractivity contribution in [3.8, 4) is 11.5 Å². The lowest BCUT2D eigenvalue weighted by atomic mass is 10.2. The van der Waals surface area contributed by atoms with Gasteiger partial charge in [-0.3, -0.25) is 9.78 Å². The van der Waals surface area contributed by atoms with Crippen molar-refractivity contribution in [1.29, 1.82) is 0 Å². The molecule has 0 aliphatic carbocycles. The van der Waals surface area contributed by atoms with E-state index in [1.807, 2.05) is 23.9 Å². The van der Waals surface area contributed by atoms with Gasteiger partial charge in [-0.15, -0.1) is 0 Å². The first-order valence-corrected chi connectivity index (χ1v) is 6.40. The highest BCUT2D eigenvalue weighted by atomic mass is 16.1. The van der Waals surface area contributed by atoms with E-state index in [1.54, 1.807) is 42.9 Å². The monoisotopic (exact) mass is 279 g/mol. The van der Waals surface area contributed by atoms with E-state index in [1.165, 1.54) is 0 Å². The zero-order valence-corrected chi connectivity index (χ0v) is 11.4. The first kappa shape index (κ1) is 13.0. The minimum atomic E-state index is -0.279. The Morgan fingerprint density at radius 3 is 2.81 bits per heavy atom. The van der Waals surface area contributed by atoms with E-state index >= 15 is 0 Å². The minimum absolute atomic E-state index is 0.279. The van der Waals surface area contributed by atoms with Crippen molar-refractivity contribution < 1.29 is 4.79 Å². The molecule has 3 rings (SSSR count). The normalized spacial score (nSPS) is 10.3. The predicted octanol–water partition coefficient (Wildman–Crippen LogP) is 2.13. The third-order valence-electron chi connectivity index (χ3n) is 2.95. The maximum atomic E-state index is 12.2. The van der Waals surface area contributed by atoms with Crippen molar-refractivity contribution in [2.45, 2.75) is 0 Å². The zero-order chi connectivity index (χ0) is 14.7. The molecular formula is C15H13N5O. The Morgan fingerprint density at radius 2 is 2.10 bits per heavy atom. The minimum Gasteiger partial charge on any atom is -0.333 e. The molecule has 6 nitrogen and oxygen atoms in total. The number of imidazole rings is 1. The van der Waals surface area contributed by atoms with Crippen LogP contribution in [0, 0.1) is 0 Å². The van der Waals surface area contributed by atoms with Crippen LogP contribution in [0.1, 0.15) is 10.5 Å². The molecule has 0 unspecified atom stereocenters. The van der Waals surface area contributed by atoms with E-state index in [0.717, 1.165) is 0 Å². The summed E-state index contributed by atoms with van der Waals surface area (Å²) in [7, 11) is 1.88. The Bertz CT molecular complexity index is 766. The third kappa shape index (κ3) is 2.79. The fourth-order valence-corrected chi connectivity index (χ4v) is 1.93. The third-order valence-corrected chi connectivity index (χ3v) is 2.95. The van der Waals surface area contributed by atoms with Gasteiger partial charge in [-0.25, -0.2) is 9.97 Å². The van der Waals surface area contributed by atoms with Gasteiger partial charge >= 0.3 is 0 Å². The number of aryl methyl sites for hydroxylation is 1. The summed E-state index contributed by atoms with van der Waals surface area (Å²) in [5, 5.41) is 2.75. The summed E-state index contributed by atoms with van der Waals surface area (Å²) >= 11 is 0. The molecule has 1 amide bonds. The van der Waals surface area contributed by atoms with Gasteiger partial charge in [0.15, 0.2) is 5.82 Å². The molecule has 0 saturated heterocycles. The van der Waals surface area contributed by atoms with Gasteiger partial charge in [0.1, 0.15) is 11.4 Å². The van der Waals surface area contributed by atoms with Gasteiger partial charge in [-0.2, -0.15) is 0 Å². The van der Waals surface area contributed by atoms with Crippen LogP contribution in [0.15, 0.2) is 55.1 Å². The molecule has 3 aromatic heterocycles. The lowest BCUT2D eigenvalue weighted by molar-refractivity contribution is 0.102. The number of nitrogens with one attached hydrogen (secondary N) is 1. The largest absolute Gasteiger partial charge is 0.333 e. The van der Waals surface area contributed by atoms with E-state index in [2.05, 4.69) is 20.3 Å². The van der Waals surface area contributed by atoms with Gasteiger partial charge < -0.3 is 9.88 Å². The highest BCUT2D eigenvalue weighted by molar-refractivity contribution is 6.03. The molecule has 0 aliphatic heterocycles. The standard InChI is InChI=1S/C15H13N5O/c1-20-9-8-17-14(20)12-5-2-6-13(19-12)15(21)18-11-4-3-7-16-10-11/h2-10H,1H3,(H,18,21). The number of aromatic nitrogens is 4. The highest BCUT2D eigenvalue weighted by Gasteiger charge is 2.11. The zero-order valence-electron chi connectivity index (χ0n) is 11.4. The van der Waals surface area contributed by atoms with E-state index in [0.29, 0.717) is 22.9 Å². The van der Waals surface area contributed by atoms with Crippen LogP contribution in [0.25, 0.3) is 11.5 Å². The topological polar surface area (TPSA) is 72.7 Å². The molecular weight excluding hydrogens is 266 g/mol. The van der Waals surface area contributed by atoms with Crippen LogP contribution in [-0.4, -0.2) is 25.4 Å². The first-order chi connectivity index (χ1) is 10.2. The lowest BCUT2D eigenvalue weighted by Gasteiger charge is -2.06. The number of carbonyl (C=O) groups excluding carboxylic acids is 1. The van der Waals surface area contributed by atoms with Crippen molar-refractivity contribution in [1.82, 2.24) is 19.5 Å². The van der Waals surface area contributed by atoms with E-state index in [-0.39, 0.29) is 5.91 Å². The van der Waals surface area contributed by atoms with E-state index in [9.17, 15) is 4.79 Å². The van der Waals surface area contributed by atoms with Gasteiger partial charge in [-0.05, 0) is 24.3 Å². The fraction of sp³-hybridized carbons (Fsp3) is 0.0667. The predicted molar refractivity (Wildman–Crippen MR) is 78.6 cm³/mol. The van der Waals surface area contributed by atoms with Gasteiger partial charge in [0.05, 0.1) is 11.9 Å². The second-order valence-electron chi connectivity index (χ2n) is 4.47. The van der Waals surface area contributed by atoms with Gasteiger partial charge in [0.25, 0.3) is 5.91 Å². The number of carbonyl (C=O) groups is 1. The van der Waals surface area contributed by atoms with E-state index < -0.39 is 0 Å². The smallest absolute Gasteiger partial charge is 0.274 e. The van der Waals surface area contributed by atoms with Crippen molar-refractivity contribution in [3.05, 3.63) is 60.8 Å². The van der Waals surface area contributed by atoms with Gasteiger partial charge in [0.2, 0.25) is 0 Å². The first-order valence-electron chi connectivity index (χ1n) is 6.40. The summed E-state index contributed by atoms with van der Waals surface area (Å²) in [6, 6.07) is 8.80. The molecule has 3 aromatic rings. The van der Waals surface area contributed by atoms with Crippen molar-refractivity contribution >= 4 is 11.6 Å². The molecule has 6 heteroatoms. The summed E-state index contributed by atoms with van der Waals surface area (Å²) < 4.78 is 1.85. The van der Waals surface area contributed by atoms with Crippen LogP contribution < -0.4 is 5.32 Å². The van der Waals surface area contributed by atoms with Crippen LogP contribution >= 0.6 is 0 Å². The second kappa shape index (κ2) is 5.54. The number of rotatable bonds is 3. The van der Waals surface area contributed by atoms with Gasteiger partial charge in [0, 0.05) is 25.6 Å². The maximum Gasteiger partial charge on any atom is 0.274 e. The highest BCUT2D eigenvalue weighted by Crippen LogP contribution is 2.15. The Kier molecular flexibility index (Phi) is 3.42. The average molecular weight is 279 g/mol. The van der Waals surface area contributed by atoms with Crippen LogP contribution in [0.2, 0.25) is 0 Å². The Labute approximate surface area is 121 Å². The number of pyridine rings is 2. The molecule has 104 valence electrons. The molecule has 0 spiro atoms.